The van der Waals surface area contributed by atoms with Crippen molar-refractivity contribution >= 4 is 24.0 Å². The van der Waals surface area contributed by atoms with E-state index in [4.69, 9.17) is 14.1 Å². The Morgan fingerprint density at radius 2 is 1.32 bits per heavy atom. The molecule has 31 heavy (non-hydrogen) atoms. The summed E-state index contributed by atoms with van der Waals surface area (Å²) in [5, 5.41) is 8.39. The molecule has 0 amide bonds. The van der Waals surface area contributed by atoms with Gasteiger partial charge in [0.2, 0.25) is 0 Å². The van der Waals surface area contributed by atoms with Crippen molar-refractivity contribution in [2.45, 2.75) is 6.42 Å². The van der Waals surface area contributed by atoms with E-state index in [1.54, 1.807) is 0 Å². The number of rotatable bonds is 3. The van der Waals surface area contributed by atoms with Crippen LogP contribution in [0.4, 0.5) is 11.4 Å². The van der Waals surface area contributed by atoms with Gasteiger partial charge in [-0.05, 0) is 0 Å². The molecule has 3 aromatic carbocycles. The molecule has 2 fully saturated rings. The fourth-order valence-corrected chi connectivity index (χ4v) is 10.2. The van der Waals surface area contributed by atoms with E-state index in [1.165, 1.54) is 5.31 Å². The molecule has 3 aliphatic heterocycles. The van der Waals surface area contributed by atoms with E-state index in [-0.39, 0.29) is 0 Å². The summed E-state index contributed by atoms with van der Waals surface area (Å²) in [4.78, 5) is 0. The van der Waals surface area contributed by atoms with Gasteiger partial charge in [0.05, 0.1) is 0 Å². The van der Waals surface area contributed by atoms with Gasteiger partial charge in [-0.2, -0.15) is 0 Å². The van der Waals surface area contributed by atoms with Gasteiger partial charge in [0.15, 0.2) is 0 Å². The average molecular weight is 429 g/mol. The second-order valence-electron chi connectivity index (χ2n) is 7.88. The van der Waals surface area contributed by atoms with Gasteiger partial charge in [0, 0.05) is 0 Å². The molecule has 6 heteroatoms. The molecule has 6 rings (SSSR count). The molecule has 3 heterocycles. The van der Waals surface area contributed by atoms with Crippen molar-refractivity contribution in [3.05, 3.63) is 108 Å². The van der Waals surface area contributed by atoms with E-state index < -0.39 is 7.21 Å². The van der Waals surface area contributed by atoms with E-state index in [0.717, 1.165) is 35.4 Å². The maximum atomic E-state index is 6.82. The quantitative estimate of drug-likeness (QED) is 0.481. The van der Waals surface area contributed by atoms with Crippen molar-refractivity contribution in [1.29, 1.82) is 0 Å². The number of anilines is 2. The Bertz CT molecular complexity index is 1160. The van der Waals surface area contributed by atoms with Crippen molar-refractivity contribution < 1.29 is 9.05 Å². The van der Waals surface area contributed by atoms with Crippen LogP contribution in [0.2, 0.25) is 0 Å². The summed E-state index contributed by atoms with van der Waals surface area (Å²) in [6.45, 7) is 2.01. The molecule has 156 valence electrons. The van der Waals surface area contributed by atoms with Gasteiger partial charge in [0.1, 0.15) is 0 Å². The summed E-state index contributed by atoms with van der Waals surface area (Å²) in [6.07, 6.45) is 2.98. The van der Waals surface area contributed by atoms with E-state index in [1.807, 2.05) is 35.3 Å². The van der Waals surface area contributed by atoms with Crippen LogP contribution < -0.4 is 9.68 Å². The Kier molecular flexibility index (Phi) is 4.25. The van der Waals surface area contributed by atoms with Crippen molar-refractivity contribution in [1.82, 2.24) is 0 Å². The molecule has 5 nitrogen and oxygen atoms in total. The topological polar surface area (TPSA) is 37.3 Å². The number of hydrogen-bond acceptors (Lipinski definition) is 5. The molecule has 3 aromatic rings. The minimum atomic E-state index is -3.56. The van der Waals surface area contributed by atoms with Crippen LogP contribution in [0.1, 0.15) is 12.0 Å². The van der Waals surface area contributed by atoms with Crippen molar-refractivity contribution in [3.8, 4) is 0 Å². The molecule has 0 aromatic heterocycles. The first kappa shape index (κ1) is 18.8. The van der Waals surface area contributed by atoms with E-state index in [2.05, 4.69) is 71.5 Å². The van der Waals surface area contributed by atoms with Gasteiger partial charge < -0.3 is 0 Å². The van der Waals surface area contributed by atoms with Crippen LogP contribution in [0, 0.1) is 0 Å². The number of benzene rings is 3. The molecule has 0 aliphatic carbocycles. The Balaban J connectivity index is 1.62. The zero-order valence-electron chi connectivity index (χ0n) is 17.2. The van der Waals surface area contributed by atoms with Gasteiger partial charge in [-0.3, -0.25) is 0 Å². The molecule has 1 spiro atoms. The maximum absolute atomic E-state index is 6.82. The van der Waals surface area contributed by atoms with E-state index in [0.29, 0.717) is 13.2 Å². The second-order valence-corrected chi connectivity index (χ2v) is 11.7. The first-order chi connectivity index (χ1) is 15.3. The first-order valence-corrected chi connectivity index (χ1v) is 12.7. The van der Waals surface area contributed by atoms with Gasteiger partial charge in [0.25, 0.3) is 0 Å². The standard InChI is InChI=1S/C25H24N3O2P/c1-4-10-21(11-5-1)25-26-27(22-12-6-2-7-13-22)20-24-16-18-29-31(24,25)28(17-19-30-31)23-14-8-3-9-15-23/h1-15,20H,16-19H2. The molecule has 0 N–H and O–H groups in total. The predicted octanol–water partition coefficient (Wildman–Crippen LogP) is 5.97. The molecule has 3 aliphatic rings. The van der Waals surface area contributed by atoms with Gasteiger partial charge in [-0.1, -0.05) is 0 Å². The molecule has 2 saturated heterocycles. The zero-order chi connectivity index (χ0) is 20.8. The molecular weight excluding hydrogens is 405 g/mol. The van der Waals surface area contributed by atoms with Crippen LogP contribution in [0.3, 0.4) is 0 Å². The summed E-state index contributed by atoms with van der Waals surface area (Å²) < 4.78 is 16.0. The van der Waals surface area contributed by atoms with Crippen LogP contribution in [0.15, 0.2) is 108 Å². The summed E-state index contributed by atoms with van der Waals surface area (Å²) in [5.74, 6) is 0. The summed E-state index contributed by atoms with van der Waals surface area (Å²) >= 11 is 0. The van der Waals surface area contributed by atoms with Crippen molar-refractivity contribution in [2.24, 2.45) is 5.10 Å². The van der Waals surface area contributed by atoms with E-state index in [9.17, 15) is 0 Å². The van der Waals surface area contributed by atoms with Crippen LogP contribution in [0.5, 0.6) is 0 Å². The number of hydrazone groups is 1. The van der Waals surface area contributed by atoms with Gasteiger partial charge >= 0.3 is 182 Å². The monoisotopic (exact) mass is 429 g/mol. The molecule has 0 radical (unpaired) electrons. The average Bonchev–Trinajstić information content (AvgIpc) is 3.42. The number of para-hydroxylation sites is 2. The normalized spacial score (nSPS) is 22.4. The van der Waals surface area contributed by atoms with Gasteiger partial charge in [-0.15, -0.1) is 0 Å². The predicted molar refractivity (Wildman–Crippen MR) is 127 cm³/mol. The molecule has 0 saturated carbocycles. The molecule has 0 bridgehead atoms. The van der Waals surface area contributed by atoms with Crippen LogP contribution in [-0.4, -0.2) is 25.2 Å². The van der Waals surface area contributed by atoms with Crippen molar-refractivity contribution in [3.63, 3.8) is 0 Å². The van der Waals surface area contributed by atoms with Crippen LogP contribution in [0.25, 0.3) is 0 Å². The minimum absolute atomic E-state index is 0.612. The van der Waals surface area contributed by atoms with Crippen LogP contribution in [-0.2, 0) is 9.05 Å². The fourth-order valence-electron chi connectivity index (χ4n) is 4.91. The molecular formula is C25H24N3O2P. The molecule has 0 atom stereocenters. The molecule has 0 unspecified atom stereocenters. The Morgan fingerprint density at radius 3 is 2.03 bits per heavy atom. The van der Waals surface area contributed by atoms with Crippen molar-refractivity contribution in [2.75, 3.05) is 29.4 Å². The third kappa shape index (κ3) is 2.58. The SMILES string of the molecule is C1=C2CCOP23(OCCN3c2ccccc2)C(c2ccccc2)=NN1c1ccccc1. The number of hydrogen-bond donors (Lipinski definition) is 0. The Morgan fingerprint density at radius 1 is 0.710 bits per heavy atom. The fraction of sp³-hybridized carbons (Fsp3) is 0.160. The Labute approximate surface area is 182 Å². The Hall–Kier alpha value is -2.98. The third-order valence-electron chi connectivity index (χ3n) is 6.22. The first-order valence-electron chi connectivity index (χ1n) is 10.7. The summed E-state index contributed by atoms with van der Waals surface area (Å²) in [6, 6.07) is 31.1. The summed E-state index contributed by atoms with van der Waals surface area (Å²) in [7, 11) is -3.56. The summed E-state index contributed by atoms with van der Waals surface area (Å²) in [5.41, 5.74) is 4.07. The zero-order valence-corrected chi connectivity index (χ0v) is 18.1. The van der Waals surface area contributed by atoms with E-state index >= 15 is 0 Å². The second kappa shape index (κ2) is 7.03. The van der Waals surface area contributed by atoms with Gasteiger partial charge in [-0.25, -0.2) is 0 Å². The number of nitrogens with zero attached hydrogens (tertiary/aromatic N) is 3. The third-order valence-corrected chi connectivity index (χ3v) is 11.3. The van der Waals surface area contributed by atoms with Crippen LogP contribution >= 0.6 is 7.21 Å².